The molecule has 0 aliphatic heterocycles. The summed E-state index contributed by atoms with van der Waals surface area (Å²) in [4.78, 5) is 0. The lowest BCUT2D eigenvalue weighted by molar-refractivity contribution is 0.125. The standard InChI is InChI=1S/C10H21NO3S/c1-9(8-15(2,12)13)11-5-6-14-7-10-3-4-10/h9-11H,3-8H2,1-2H3. The highest BCUT2D eigenvalue weighted by Crippen LogP contribution is 2.28. The normalized spacial score (nSPS) is 19.1. The van der Waals surface area contributed by atoms with Gasteiger partial charge in [0, 0.05) is 25.4 Å². The highest BCUT2D eigenvalue weighted by atomic mass is 32.2. The van der Waals surface area contributed by atoms with E-state index in [0.717, 1.165) is 19.1 Å². The summed E-state index contributed by atoms with van der Waals surface area (Å²) in [7, 11) is -2.87. The molecule has 0 spiro atoms. The molecule has 0 aromatic carbocycles. The summed E-state index contributed by atoms with van der Waals surface area (Å²) in [6.45, 7) is 4.14. The number of rotatable bonds is 8. The Kier molecular flexibility index (Phi) is 5.02. The molecule has 90 valence electrons. The highest BCUT2D eigenvalue weighted by molar-refractivity contribution is 7.90. The molecule has 1 unspecified atom stereocenters. The lowest BCUT2D eigenvalue weighted by atomic mass is 10.4. The second-order valence-corrected chi connectivity index (χ2v) is 6.65. The van der Waals surface area contributed by atoms with Crippen molar-refractivity contribution in [1.82, 2.24) is 5.32 Å². The van der Waals surface area contributed by atoms with Gasteiger partial charge in [0.15, 0.2) is 0 Å². The minimum atomic E-state index is -2.87. The zero-order chi connectivity index (χ0) is 11.3. The van der Waals surface area contributed by atoms with Gasteiger partial charge < -0.3 is 10.1 Å². The molecular weight excluding hydrogens is 214 g/mol. The van der Waals surface area contributed by atoms with E-state index in [1.165, 1.54) is 19.1 Å². The zero-order valence-electron chi connectivity index (χ0n) is 9.53. The van der Waals surface area contributed by atoms with Crippen LogP contribution in [0.25, 0.3) is 0 Å². The minimum Gasteiger partial charge on any atom is -0.380 e. The van der Waals surface area contributed by atoms with Gasteiger partial charge in [-0.3, -0.25) is 0 Å². The minimum absolute atomic E-state index is 0.00419. The van der Waals surface area contributed by atoms with E-state index in [1.54, 1.807) is 0 Å². The first kappa shape index (κ1) is 12.9. The summed E-state index contributed by atoms with van der Waals surface area (Å²) in [5.41, 5.74) is 0. The first-order valence-electron chi connectivity index (χ1n) is 5.46. The zero-order valence-corrected chi connectivity index (χ0v) is 10.3. The maximum Gasteiger partial charge on any atom is 0.148 e. The van der Waals surface area contributed by atoms with Crippen LogP contribution in [0.3, 0.4) is 0 Å². The summed E-state index contributed by atoms with van der Waals surface area (Å²) in [5, 5.41) is 3.13. The largest absolute Gasteiger partial charge is 0.380 e. The van der Waals surface area contributed by atoms with Gasteiger partial charge >= 0.3 is 0 Å². The number of nitrogens with one attached hydrogen (secondary N) is 1. The first-order valence-corrected chi connectivity index (χ1v) is 7.52. The van der Waals surface area contributed by atoms with Crippen LogP contribution >= 0.6 is 0 Å². The first-order chi connectivity index (χ1) is 6.97. The molecule has 1 saturated carbocycles. The number of hydrogen-bond donors (Lipinski definition) is 1. The van der Waals surface area contributed by atoms with Crippen LogP contribution in [0.5, 0.6) is 0 Å². The summed E-state index contributed by atoms with van der Waals surface area (Å²) in [6.07, 6.45) is 3.87. The Labute approximate surface area is 92.3 Å². The van der Waals surface area contributed by atoms with Crippen LogP contribution in [-0.4, -0.2) is 46.2 Å². The van der Waals surface area contributed by atoms with Crippen molar-refractivity contribution >= 4 is 9.84 Å². The number of hydrogen-bond acceptors (Lipinski definition) is 4. The average Bonchev–Trinajstić information content (AvgIpc) is 2.83. The van der Waals surface area contributed by atoms with E-state index in [0.29, 0.717) is 6.61 Å². The van der Waals surface area contributed by atoms with Crippen molar-refractivity contribution in [2.45, 2.75) is 25.8 Å². The van der Waals surface area contributed by atoms with Gasteiger partial charge in [-0.25, -0.2) is 8.42 Å². The topological polar surface area (TPSA) is 55.4 Å². The predicted octanol–water partition coefficient (Wildman–Crippen LogP) is 0.436. The van der Waals surface area contributed by atoms with Crippen LogP contribution in [0.4, 0.5) is 0 Å². The Morgan fingerprint density at radius 1 is 1.47 bits per heavy atom. The summed E-state index contributed by atoms with van der Waals surface area (Å²) in [6, 6.07) is 0.00419. The van der Waals surface area contributed by atoms with E-state index in [-0.39, 0.29) is 11.8 Å². The Morgan fingerprint density at radius 3 is 2.67 bits per heavy atom. The third kappa shape index (κ3) is 7.76. The molecule has 0 radical (unpaired) electrons. The quantitative estimate of drug-likeness (QED) is 0.620. The van der Waals surface area contributed by atoms with E-state index < -0.39 is 9.84 Å². The van der Waals surface area contributed by atoms with Crippen molar-refractivity contribution in [1.29, 1.82) is 0 Å². The van der Waals surface area contributed by atoms with E-state index in [4.69, 9.17) is 4.74 Å². The SMILES string of the molecule is CC(CS(C)(=O)=O)NCCOCC1CC1. The van der Waals surface area contributed by atoms with Crippen molar-refractivity contribution in [2.75, 3.05) is 31.8 Å². The van der Waals surface area contributed by atoms with Gasteiger partial charge in [0.1, 0.15) is 9.84 Å². The molecule has 4 nitrogen and oxygen atoms in total. The lowest BCUT2D eigenvalue weighted by Crippen LogP contribution is -2.35. The molecule has 0 aromatic rings. The maximum absolute atomic E-state index is 11.0. The Morgan fingerprint density at radius 2 is 2.13 bits per heavy atom. The third-order valence-electron chi connectivity index (χ3n) is 2.34. The average molecular weight is 235 g/mol. The Balaban J connectivity index is 1.93. The molecule has 1 rings (SSSR count). The molecule has 1 atom stereocenters. The fourth-order valence-corrected chi connectivity index (χ4v) is 2.45. The van der Waals surface area contributed by atoms with Crippen LogP contribution < -0.4 is 5.32 Å². The van der Waals surface area contributed by atoms with E-state index in [2.05, 4.69) is 5.32 Å². The van der Waals surface area contributed by atoms with Crippen molar-refractivity contribution < 1.29 is 13.2 Å². The number of sulfone groups is 1. The second kappa shape index (κ2) is 5.82. The molecule has 1 aliphatic carbocycles. The lowest BCUT2D eigenvalue weighted by Gasteiger charge is -2.12. The van der Waals surface area contributed by atoms with Gasteiger partial charge in [-0.1, -0.05) is 0 Å². The summed E-state index contributed by atoms with van der Waals surface area (Å²) >= 11 is 0. The molecule has 0 saturated heterocycles. The molecule has 1 N–H and O–H groups in total. The van der Waals surface area contributed by atoms with Crippen molar-refractivity contribution in [3.63, 3.8) is 0 Å². The maximum atomic E-state index is 11.0. The van der Waals surface area contributed by atoms with Crippen LogP contribution in [0.1, 0.15) is 19.8 Å². The molecule has 0 bridgehead atoms. The van der Waals surface area contributed by atoms with Gasteiger partial charge in [-0.05, 0) is 25.7 Å². The van der Waals surface area contributed by atoms with Crippen molar-refractivity contribution in [3.05, 3.63) is 0 Å². The fraction of sp³-hybridized carbons (Fsp3) is 1.00. The van der Waals surface area contributed by atoms with Gasteiger partial charge in [0.05, 0.1) is 12.4 Å². The van der Waals surface area contributed by atoms with Crippen molar-refractivity contribution in [2.24, 2.45) is 5.92 Å². The fourth-order valence-electron chi connectivity index (χ4n) is 1.43. The second-order valence-electron chi connectivity index (χ2n) is 4.47. The van der Waals surface area contributed by atoms with Crippen LogP contribution in [0.15, 0.2) is 0 Å². The van der Waals surface area contributed by atoms with Gasteiger partial charge in [-0.2, -0.15) is 0 Å². The van der Waals surface area contributed by atoms with E-state index in [9.17, 15) is 8.42 Å². The van der Waals surface area contributed by atoms with Crippen LogP contribution in [0.2, 0.25) is 0 Å². The molecule has 0 heterocycles. The van der Waals surface area contributed by atoms with Crippen molar-refractivity contribution in [3.8, 4) is 0 Å². The third-order valence-corrected chi connectivity index (χ3v) is 3.45. The molecular formula is C10H21NO3S. The Bertz CT molecular complexity index is 272. The van der Waals surface area contributed by atoms with Crippen LogP contribution in [-0.2, 0) is 14.6 Å². The molecule has 1 aliphatic rings. The molecule has 15 heavy (non-hydrogen) atoms. The summed E-state index contributed by atoms with van der Waals surface area (Å²) in [5.74, 6) is 0.980. The Hall–Kier alpha value is -0.130. The highest BCUT2D eigenvalue weighted by Gasteiger charge is 2.20. The summed E-state index contributed by atoms with van der Waals surface area (Å²) < 4.78 is 27.3. The van der Waals surface area contributed by atoms with Gasteiger partial charge in [-0.15, -0.1) is 0 Å². The van der Waals surface area contributed by atoms with Crippen LogP contribution in [0, 0.1) is 5.92 Å². The molecule has 5 heteroatoms. The molecule has 0 aromatic heterocycles. The van der Waals surface area contributed by atoms with E-state index in [1.807, 2.05) is 6.92 Å². The molecule has 0 amide bonds. The smallest absolute Gasteiger partial charge is 0.148 e. The van der Waals surface area contributed by atoms with Gasteiger partial charge in [0.25, 0.3) is 0 Å². The monoisotopic (exact) mass is 235 g/mol. The molecule has 1 fully saturated rings. The number of ether oxygens (including phenoxy) is 1. The predicted molar refractivity (Wildman–Crippen MR) is 60.7 cm³/mol. The van der Waals surface area contributed by atoms with Gasteiger partial charge in [0.2, 0.25) is 0 Å². The van der Waals surface area contributed by atoms with E-state index >= 15 is 0 Å².